The van der Waals surface area contributed by atoms with E-state index < -0.39 is 0 Å². The van der Waals surface area contributed by atoms with Gasteiger partial charge in [0.25, 0.3) is 0 Å². The minimum Gasteiger partial charge on any atom is -0.444 e. The number of hydrogen-bond donors (Lipinski definition) is 0. The molecule has 3 nitrogen and oxygen atoms in total. The van der Waals surface area contributed by atoms with Gasteiger partial charge in [-0.05, 0) is 30.2 Å². The highest BCUT2D eigenvalue weighted by Gasteiger charge is 2.29. The van der Waals surface area contributed by atoms with Gasteiger partial charge in [-0.25, -0.2) is 4.79 Å². The van der Waals surface area contributed by atoms with Crippen LogP contribution in [-0.2, 0) is 4.74 Å². The molecule has 96 valence electrons. The number of nitrogens with zero attached hydrogens (tertiary/aromatic N) is 1. The molecule has 0 saturated carbocycles. The van der Waals surface area contributed by atoms with Crippen LogP contribution >= 0.6 is 0 Å². The minimum absolute atomic E-state index is 0.0405. The van der Waals surface area contributed by atoms with Gasteiger partial charge < -0.3 is 4.74 Å². The van der Waals surface area contributed by atoms with E-state index in [1.165, 1.54) is 5.56 Å². The van der Waals surface area contributed by atoms with Crippen molar-refractivity contribution >= 4 is 11.8 Å². The molecule has 1 saturated heterocycles. The first-order chi connectivity index (χ1) is 9.24. The summed E-state index contributed by atoms with van der Waals surface area (Å²) in [6, 6.07) is 18.2. The highest BCUT2D eigenvalue weighted by atomic mass is 16.6. The third-order valence-corrected chi connectivity index (χ3v) is 3.25. The summed E-state index contributed by atoms with van der Waals surface area (Å²) in [6.45, 7) is 2.51. The van der Waals surface area contributed by atoms with Crippen molar-refractivity contribution in [1.29, 1.82) is 0 Å². The number of amides is 1. The topological polar surface area (TPSA) is 29.5 Å². The van der Waals surface area contributed by atoms with Crippen LogP contribution in [0.5, 0.6) is 0 Å². The molecular weight excluding hydrogens is 238 g/mol. The lowest BCUT2D eigenvalue weighted by Gasteiger charge is -2.13. The summed E-state index contributed by atoms with van der Waals surface area (Å²) in [4.78, 5) is 13.3. The Kier molecular flexibility index (Phi) is 2.95. The third-order valence-electron chi connectivity index (χ3n) is 3.25. The van der Waals surface area contributed by atoms with Gasteiger partial charge in [-0.1, -0.05) is 42.5 Å². The van der Waals surface area contributed by atoms with Gasteiger partial charge in [-0.15, -0.1) is 0 Å². The van der Waals surface area contributed by atoms with Gasteiger partial charge in [0, 0.05) is 5.69 Å². The van der Waals surface area contributed by atoms with Gasteiger partial charge in [-0.2, -0.15) is 0 Å². The Labute approximate surface area is 112 Å². The molecule has 1 amide bonds. The van der Waals surface area contributed by atoms with Gasteiger partial charge in [0.05, 0.1) is 6.54 Å². The van der Waals surface area contributed by atoms with Crippen molar-refractivity contribution in [2.24, 2.45) is 0 Å². The molecule has 3 rings (SSSR count). The van der Waals surface area contributed by atoms with Crippen LogP contribution in [0.3, 0.4) is 0 Å². The van der Waals surface area contributed by atoms with Crippen LogP contribution in [0.1, 0.15) is 6.92 Å². The molecule has 3 heteroatoms. The highest BCUT2D eigenvalue weighted by Crippen LogP contribution is 2.25. The summed E-state index contributed by atoms with van der Waals surface area (Å²) in [5.74, 6) is 0. The van der Waals surface area contributed by atoms with E-state index in [2.05, 4.69) is 12.1 Å². The monoisotopic (exact) mass is 253 g/mol. The number of carbonyl (C=O) groups excluding carboxylic acids is 1. The van der Waals surface area contributed by atoms with Crippen LogP contribution in [0.4, 0.5) is 10.5 Å². The van der Waals surface area contributed by atoms with E-state index in [1.54, 1.807) is 4.90 Å². The Balaban J connectivity index is 1.86. The first kappa shape index (κ1) is 11.8. The van der Waals surface area contributed by atoms with Crippen LogP contribution in [-0.4, -0.2) is 18.7 Å². The Morgan fingerprint density at radius 3 is 2.21 bits per heavy atom. The van der Waals surface area contributed by atoms with Crippen molar-refractivity contribution in [2.45, 2.75) is 13.0 Å². The maximum absolute atomic E-state index is 11.6. The molecule has 0 radical (unpaired) electrons. The van der Waals surface area contributed by atoms with E-state index in [1.807, 2.05) is 49.4 Å². The molecule has 2 aromatic rings. The number of carbonyl (C=O) groups is 1. The second kappa shape index (κ2) is 4.76. The lowest BCUT2D eigenvalue weighted by Crippen LogP contribution is -2.23. The molecule has 0 N–H and O–H groups in total. The van der Waals surface area contributed by atoms with Crippen molar-refractivity contribution in [3.05, 3.63) is 54.6 Å². The molecule has 1 aliphatic heterocycles. The number of hydrogen-bond acceptors (Lipinski definition) is 2. The molecule has 1 aliphatic rings. The molecule has 1 atom stereocenters. The fourth-order valence-electron chi connectivity index (χ4n) is 2.28. The minimum atomic E-state index is -0.264. The van der Waals surface area contributed by atoms with Crippen molar-refractivity contribution in [2.75, 3.05) is 11.4 Å². The predicted octanol–water partition coefficient (Wildman–Crippen LogP) is 3.70. The second-order valence-corrected chi connectivity index (χ2v) is 4.72. The first-order valence-electron chi connectivity index (χ1n) is 6.38. The Morgan fingerprint density at radius 1 is 1.00 bits per heavy atom. The van der Waals surface area contributed by atoms with Crippen LogP contribution in [0.15, 0.2) is 54.6 Å². The Morgan fingerprint density at radius 2 is 1.63 bits per heavy atom. The third kappa shape index (κ3) is 2.32. The van der Waals surface area contributed by atoms with Crippen molar-refractivity contribution in [3.8, 4) is 11.1 Å². The van der Waals surface area contributed by atoms with E-state index in [4.69, 9.17) is 4.74 Å². The zero-order chi connectivity index (χ0) is 13.2. The fourth-order valence-corrected chi connectivity index (χ4v) is 2.28. The highest BCUT2D eigenvalue weighted by molar-refractivity contribution is 5.90. The summed E-state index contributed by atoms with van der Waals surface area (Å²) >= 11 is 0. The maximum atomic E-state index is 11.6. The molecule has 0 aromatic heterocycles. The largest absolute Gasteiger partial charge is 0.444 e. The zero-order valence-corrected chi connectivity index (χ0v) is 10.7. The summed E-state index contributed by atoms with van der Waals surface area (Å²) < 4.78 is 5.13. The quantitative estimate of drug-likeness (QED) is 0.816. The van der Waals surface area contributed by atoms with Crippen molar-refractivity contribution in [1.82, 2.24) is 0 Å². The van der Waals surface area contributed by atoms with E-state index in [-0.39, 0.29) is 12.2 Å². The predicted molar refractivity (Wildman–Crippen MR) is 75.2 cm³/mol. The van der Waals surface area contributed by atoms with Gasteiger partial charge in [-0.3, -0.25) is 4.90 Å². The van der Waals surface area contributed by atoms with E-state index in [0.717, 1.165) is 11.3 Å². The van der Waals surface area contributed by atoms with E-state index >= 15 is 0 Å². The molecular formula is C16H15NO2. The van der Waals surface area contributed by atoms with Crippen molar-refractivity contribution < 1.29 is 9.53 Å². The van der Waals surface area contributed by atoms with Gasteiger partial charge in [0.2, 0.25) is 0 Å². The molecule has 1 unspecified atom stereocenters. The Bertz CT molecular complexity index is 577. The van der Waals surface area contributed by atoms with Crippen LogP contribution in [0, 0.1) is 0 Å². The molecule has 0 aliphatic carbocycles. The fraction of sp³-hybridized carbons (Fsp3) is 0.188. The van der Waals surface area contributed by atoms with Crippen molar-refractivity contribution in [3.63, 3.8) is 0 Å². The summed E-state index contributed by atoms with van der Waals surface area (Å²) in [6.07, 6.45) is -0.304. The smallest absolute Gasteiger partial charge is 0.414 e. The molecule has 2 aromatic carbocycles. The summed E-state index contributed by atoms with van der Waals surface area (Å²) in [7, 11) is 0. The average molecular weight is 253 g/mol. The number of rotatable bonds is 2. The van der Waals surface area contributed by atoms with Gasteiger partial charge in [0.1, 0.15) is 6.10 Å². The molecule has 0 bridgehead atoms. The summed E-state index contributed by atoms with van der Waals surface area (Å²) in [5, 5.41) is 0. The summed E-state index contributed by atoms with van der Waals surface area (Å²) in [5.41, 5.74) is 3.20. The molecule has 19 heavy (non-hydrogen) atoms. The van der Waals surface area contributed by atoms with Crippen LogP contribution < -0.4 is 4.90 Å². The normalized spacial score (nSPS) is 18.5. The second-order valence-electron chi connectivity index (χ2n) is 4.72. The van der Waals surface area contributed by atoms with E-state index in [9.17, 15) is 4.79 Å². The number of benzene rings is 2. The molecule has 1 heterocycles. The lowest BCUT2D eigenvalue weighted by atomic mass is 10.1. The standard InChI is InChI=1S/C16H15NO2/c1-12-11-17(16(18)19-12)15-9-7-14(8-10-15)13-5-3-2-4-6-13/h2-10,12H,11H2,1H3. The number of cyclic esters (lactones) is 1. The maximum Gasteiger partial charge on any atom is 0.414 e. The van der Waals surface area contributed by atoms with Gasteiger partial charge >= 0.3 is 6.09 Å². The molecule has 1 fully saturated rings. The molecule has 0 spiro atoms. The van der Waals surface area contributed by atoms with Crippen LogP contribution in [0.2, 0.25) is 0 Å². The SMILES string of the molecule is CC1CN(c2ccc(-c3ccccc3)cc2)C(=O)O1. The average Bonchev–Trinajstić information content (AvgIpc) is 2.79. The van der Waals surface area contributed by atoms with E-state index in [0.29, 0.717) is 6.54 Å². The van der Waals surface area contributed by atoms with Gasteiger partial charge in [0.15, 0.2) is 0 Å². The Hall–Kier alpha value is -2.29. The lowest BCUT2D eigenvalue weighted by molar-refractivity contribution is 0.150. The first-order valence-corrected chi connectivity index (χ1v) is 6.38. The number of ether oxygens (including phenoxy) is 1. The van der Waals surface area contributed by atoms with Crippen LogP contribution in [0.25, 0.3) is 11.1 Å². The zero-order valence-electron chi connectivity index (χ0n) is 10.7. The number of anilines is 1.